The highest BCUT2D eigenvalue weighted by atomic mass is 16.8. The van der Waals surface area contributed by atoms with Gasteiger partial charge in [0.05, 0.1) is 19.8 Å². The summed E-state index contributed by atoms with van der Waals surface area (Å²) in [4.78, 5) is 12.8. The second-order valence-corrected chi connectivity index (χ2v) is 8.87. The molecule has 0 aliphatic carbocycles. The van der Waals surface area contributed by atoms with Crippen molar-refractivity contribution in [2.24, 2.45) is 0 Å². The summed E-state index contributed by atoms with van der Waals surface area (Å²) in [6.45, 7) is -1.92. The number of benzene rings is 2. The van der Waals surface area contributed by atoms with E-state index < -0.39 is 74.5 Å². The lowest BCUT2D eigenvalue weighted by Gasteiger charge is -2.42. The van der Waals surface area contributed by atoms with E-state index in [1.54, 1.807) is 24.3 Å². The molecular formula is C25H30O12. The Morgan fingerprint density at radius 1 is 0.973 bits per heavy atom. The summed E-state index contributed by atoms with van der Waals surface area (Å²) in [5, 5.41) is 60.6. The molecule has 2 saturated heterocycles. The zero-order valence-corrected chi connectivity index (χ0v) is 19.7. The predicted molar refractivity (Wildman–Crippen MR) is 123 cm³/mol. The van der Waals surface area contributed by atoms with Gasteiger partial charge in [-0.3, -0.25) is 0 Å². The molecule has 0 unspecified atom stereocenters. The predicted octanol–water partition coefficient (Wildman–Crippen LogP) is -1.31. The van der Waals surface area contributed by atoms with Crippen molar-refractivity contribution in [2.75, 3.05) is 19.8 Å². The Morgan fingerprint density at radius 3 is 2.35 bits per heavy atom. The lowest BCUT2D eigenvalue weighted by molar-refractivity contribution is -0.319. The Labute approximate surface area is 212 Å². The summed E-state index contributed by atoms with van der Waals surface area (Å²) in [5.41, 5.74) is -1.18. The highest BCUT2D eigenvalue weighted by Gasteiger charge is 2.53. The van der Waals surface area contributed by atoms with Crippen LogP contribution < -0.4 is 4.74 Å². The third-order valence-corrected chi connectivity index (χ3v) is 6.26. The third-order valence-electron chi connectivity index (χ3n) is 6.26. The molecule has 202 valence electrons. The molecule has 2 heterocycles. The Balaban J connectivity index is 1.53. The molecular weight excluding hydrogens is 492 g/mol. The zero-order valence-electron chi connectivity index (χ0n) is 19.7. The highest BCUT2D eigenvalue weighted by molar-refractivity contribution is 5.92. The van der Waals surface area contributed by atoms with Crippen LogP contribution in [0.3, 0.4) is 0 Å². The quantitative estimate of drug-likeness (QED) is 0.214. The fourth-order valence-corrected chi connectivity index (χ4v) is 4.02. The smallest absolute Gasteiger partial charge is 0.342 e. The Kier molecular flexibility index (Phi) is 8.75. The minimum Gasteiger partial charge on any atom is -0.461 e. The largest absolute Gasteiger partial charge is 0.461 e. The fraction of sp³-hybridized carbons (Fsp3) is 0.480. The van der Waals surface area contributed by atoms with E-state index in [-0.39, 0.29) is 17.9 Å². The number of aliphatic hydroxyl groups excluding tert-OH is 5. The molecule has 2 fully saturated rings. The number of hydrogen-bond acceptors (Lipinski definition) is 12. The summed E-state index contributed by atoms with van der Waals surface area (Å²) in [6.07, 6.45) is -10.8. The van der Waals surface area contributed by atoms with Crippen LogP contribution in [-0.4, -0.2) is 105 Å². The van der Waals surface area contributed by atoms with Gasteiger partial charge in [0.2, 0.25) is 6.29 Å². The molecule has 8 atom stereocenters. The average Bonchev–Trinajstić information content (AvgIpc) is 3.21. The van der Waals surface area contributed by atoms with Crippen LogP contribution >= 0.6 is 0 Å². The van der Waals surface area contributed by atoms with Crippen molar-refractivity contribution in [1.82, 2.24) is 0 Å². The maximum atomic E-state index is 12.8. The van der Waals surface area contributed by atoms with E-state index in [2.05, 4.69) is 0 Å². The second kappa shape index (κ2) is 11.8. The van der Waals surface area contributed by atoms with E-state index >= 15 is 0 Å². The summed E-state index contributed by atoms with van der Waals surface area (Å²) < 4.78 is 27.7. The monoisotopic (exact) mass is 522 g/mol. The maximum Gasteiger partial charge on any atom is 0.342 e. The number of esters is 1. The van der Waals surface area contributed by atoms with Crippen molar-refractivity contribution in [1.29, 1.82) is 0 Å². The van der Waals surface area contributed by atoms with Crippen LogP contribution in [0.5, 0.6) is 5.75 Å². The minimum atomic E-state index is -2.00. The van der Waals surface area contributed by atoms with Gasteiger partial charge in [0.25, 0.3) is 0 Å². The molecule has 2 aliphatic heterocycles. The Hall–Kier alpha value is -2.65. The number of hydrogen-bond donors (Lipinski definition) is 6. The van der Waals surface area contributed by atoms with Gasteiger partial charge in [-0.05, 0) is 17.7 Å². The molecule has 2 aromatic rings. The summed E-state index contributed by atoms with van der Waals surface area (Å²) in [6, 6.07) is 15.1. The first-order valence-electron chi connectivity index (χ1n) is 11.6. The molecule has 2 aromatic carbocycles. The normalized spacial score (nSPS) is 33.7. The van der Waals surface area contributed by atoms with Crippen molar-refractivity contribution < 1.29 is 59.1 Å². The number of para-hydroxylation sites is 1. The van der Waals surface area contributed by atoms with Crippen molar-refractivity contribution in [3.05, 3.63) is 65.7 Å². The van der Waals surface area contributed by atoms with Gasteiger partial charge in [-0.15, -0.1) is 0 Å². The molecule has 0 aromatic heterocycles. The SMILES string of the molecule is O=C(OCc1ccccc1)c1ccccc1O[C@@H]1O[C@H](CO)[C@@H](O)[C@H](O)[C@H]1O[C@@H]1OC[C@](O)(CO)[C@H]1O. The summed E-state index contributed by atoms with van der Waals surface area (Å²) in [7, 11) is 0. The van der Waals surface area contributed by atoms with E-state index in [9.17, 15) is 35.4 Å². The van der Waals surface area contributed by atoms with Crippen LogP contribution in [0.1, 0.15) is 15.9 Å². The number of carbonyl (C=O) groups is 1. The van der Waals surface area contributed by atoms with Crippen LogP contribution in [-0.2, 0) is 25.6 Å². The van der Waals surface area contributed by atoms with Crippen LogP contribution in [0.2, 0.25) is 0 Å². The zero-order chi connectivity index (χ0) is 26.6. The molecule has 37 heavy (non-hydrogen) atoms. The van der Waals surface area contributed by atoms with Gasteiger partial charge in [-0.2, -0.15) is 0 Å². The first-order valence-corrected chi connectivity index (χ1v) is 11.6. The number of carbonyl (C=O) groups excluding carboxylic acids is 1. The van der Waals surface area contributed by atoms with Crippen molar-refractivity contribution in [2.45, 2.75) is 55.3 Å². The fourth-order valence-electron chi connectivity index (χ4n) is 4.02. The standard InChI is InChI=1S/C25H30O12/c26-10-17-18(28)19(29)20(37-24-21(30)25(32,12-27)13-34-24)23(36-17)35-16-9-5-4-8-15(16)22(31)33-11-14-6-2-1-3-7-14/h1-9,17-21,23-24,26-30,32H,10-13H2/t17-,18-,19+,20-,21+,23-,24+,25-/m1/s1. The first-order chi connectivity index (χ1) is 17.8. The summed E-state index contributed by atoms with van der Waals surface area (Å²) in [5.74, 6) is -0.700. The molecule has 0 spiro atoms. The third kappa shape index (κ3) is 5.93. The molecule has 0 bridgehead atoms. The van der Waals surface area contributed by atoms with Gasteiger partial charge in [0.15, 0.2) is 12.4 Å². The highest BCUT2D eigenvalue weighted by Crippen LogP contribution is 2.32. The molecule has 0 saturated carbocycles. The summed E-state index contributed by atoms with van der Waals surface area (Å²) >= 11 is 0. The molecule has 2 aliphatic rings. The van der Waals surface area contributed by atoms with Crippen molar-refractivity contribution >= 4 is 5.97 Å². The van der Waals surface area contributed by atoms with Crippen LogP contribution in [0.15, 0.2) is 54.6 Å². The van der Waals surface area contributed by atoms with Crippen LogP contribution in [0, 0.1) is 0 Å². The molecule has 0 amide bonds. The van der Waals surface area contributed by atoms with E-state index in [0.29, 0.717) is 0 Å². The lowest BCUT2D eigenvalue weighted by Crippen LogP contribution is -2.62. The van der Waals surface area contributed by atoms with Gasteiger partial charge in [0, 0.05) is 0 Å². The molecule has 12 nitrogen and oxygen atoms in total. The van der Waals surface area contributed by atoms with Gasteiger partial charge in [-0.1, -0.05) is 42.5 Å². The molecule has 0 radical (unpaired) electrons. The van der Waals surface area contributed by atoms with Gasteiger partial charge in [0.1, 0.15) is 47.9 Å². The number of ether oxygens (including phenoxy) is 5. The van der Waals surface area contributed by atoms with Crippen molar-refractivity contribution in [3.63, 3.8) is 0 Å². The minimum absolute atomic E-state index is 0.000747. The second-order valence-electron chi connectivity index (χ2n) is 8.87. The van der Waals surface area contributed by atoms with E-state index in [1.165, 1.54) is 12.1 Å². The van der Waals surface area contributed by atoms with Gasteiger partial charge >= 0.3 is 5.97 Å². The van der Waals surface area contributed by atoms with Crippen molar-refractivity contribution in [3.8, 4) is 5.75 Å². The molecule has 4 rings (SSSR count). The lowest BCUT2D eigenvalue weighted by atomic mass is 9.98. The number of rotatable bonds is 9. The van der Waals surface area contributed by atoms with E-state index in [1.807, 2.05) is 18.2 Å². The average molecular weight is 523 g/mol. The maximum absolute atomic E-state index is 12.8. The van der Waals surface area contributed by atoms with E-state index in [0.717, 1.165) is 5.56 Å². The topological polar surface area (TPSA) is 185 Å². The van der Waals surface area contributed by atoms with Crippen LogP contribution in [0.25, 0.3) is 0 Å². The number of aliphatic hydroxyl groups is 6. The molecule has 6 N–H and O–H groups in total. The molecule has 12 heteroatoms. The Morgan fingerprint density at radius 2 is 1.68 bits per heavy atom. The Bertz CT molecular complexity index is 1040. The van der Waals surface area contributed by atoms with E-state index in [4.69, 9.17) is 23.7 Å². The first kappa shape index (κ1) is 27.4. The van der Waals surface area contributed by atoms with Gasteiger partial charge in [-0.25, -0.2) is 4.79 Å². The van der Waals surface area contributed by atoms with Crippen LogP contribution in [0.4, 0.5) is 0 Å². The van der Waals surface area contributed by atoms with Gasteiger partial charge < -0.3 is 54.3 Å².